The molecule has 8 nitrogen and oxygen atoms in total. The number of hydrogen-bond donors (Lipinski definition) is 2. The number of likely N-dealkylation sites (tertiary alicyclic amines) is 1. The van der Waals surface area contributed by atoms with Gasteiger partial charge in [0, 0.05) is 12.6 Å². The number of hydrogen-bond acceptors (Lipinski definition) is 4. The number of carboxylic acid groups (broad SMARTS) is 1. The van der Waals surface area contributed by atoms with Crippen LogP contribution in [0.2, 0.25) is 0 Å². The zero-order valence-corrected chi connectivity index (χ0v) is 11.2. The summed E-state index contributed by atoms with van der Waals surface area (Å²) in [5, 5.41) is 20.1. The summed E-state index contributed by atoms with van der Waals surface area (Å²) in [6.07, 6.45) is 2.74. The van der Waals surface area contributed by atoms with E-state index < -0.39 is 22.8 Å². The zero-order chi connectivity index (χ0) is 15.1. The summed E-state index contributed by atoms with van der Waals surface area (Å²) in [7, 11) is 0. The Hall–Kier alpha value is -2.38. The van der Waals surface area contributed by atoms with E-state index in [2.05, 4.69) is 4.98 Å². The predicted molar refractivity (Wildman–Crippen MR) is 70.7 cm³/mol. The highest BCUT2D eigenvalue weighted by atomic mass is 16.6. The number of fused-ring (bicyclic) bond motifs is 1. The average Bonchev–Trinajstić information content (AvgIpc) is 3.11. The monoisotopic (exact) mass is 293 g/mol. The number of nitrogens with zero attached hydrogens (tertiary/aromatic N) is 2. The lowest BCUT2D eigenvalue weighted by molar-refractivity contribution is -0.389. The third kappa shape index (κ3) is 2.16. The Morgan fingerprint density at radius 2 is 2.14 bits per heavy atom. The van der Waals surface area contributed by atoms with Crippen LogP contribution in [0.3, 0.4) is 0 Å². The molecule has 2 aliphatic rings. The molecule has 1 aromatic rings. The van der Waals surface area contributed by atoms with Crippen molar-refractivity contribution in [3.8, 4) is 0 Å². The van der Waals surface area contributed by atoms with Gasteiger partial charge in [-0.1, -0.05) is 6.42 Å². The number of H-pyrrole nitrogens is 1. The molecule has 1 amide bonds. The number of carbonyl (C=O) groups excluding carboxylic acids is 1. The first kappa shape index (κ1) is 13.6. The number of rotatable bonds is 3. The first-order valence-corrected chi connectivity index (χ1v) is 6.86. The molecule has 1 saturated heterocycles. The molecule has 1 aliphatic carbocycles. The van der Waals surface area contributed by atoms with Crippen molar-refractivity contribution in [1.82, 2.24) is 9.88 Å². The quantitative estimate of drug-likeness (QED) is 0.642. The molecular formula is C13H15N3O5. The minimum Gasteiger partial charge on any atom is -0.480 e. The number of nitrogens with one attached hydrogen (secondary N) is 1. The van der Waals surface area contributed by atoms with Crippen LogP contribution < -0.4 is 0 Å². The van der Waals surface area contributed by atoms with E-state index in [1.54, 1.807) is 0 Å². The molecule has 1 saturated carbocycles. The largest absolute Gasteiger partial charge is 0.480 e. The van der Waals surface area contributed by atoms with Crippen molar-refractivity contribution in [2.75, 3.05) is 6.54 Å². The molecule has 21 heavy (non-hydrogen) atoms. The van der Waals surface area contributed by atoms with Gasteiger partial charge in [0.25, 0.3) is 5.91 Å². The van der Waals surface area contributed by atoms with E-state index in [-0.39, 0.29) is 23.3 Å². The van der Waals surface area contributed by atoms with Crippen molar-refractivity contribution >= 4 is 17.7 Å². The smallest absolute Gasteiger partial charge is 0.326 e. The SMILES string of the molecule is O=C(O)C1C2CCCC2CN1C(=O)c1ccc([N+](=O)[O-])[nH]1. The zero-order valence-electron chi connectivity index (χ0n) is 11.2. The maximum Gasteiger partial charge on any atom is 0.326 e. The standard InChI is InChI=1S/C13H15N3O5/c17-12(9-4-5-10(14-9)16(20)21)15-6-7-2-1-3-8(7)11(15)13(18)19/h4-5,7-8,11,14H,1-3,6H2,(H,18,19). The van der Waals surface area contributed by atoms with Crippen LogP contribution in [0, 0.1) is 22.0 Å². The van der Waals surface area contributed by atoms with Gasteiger partial charge in [0.1, 0.15) is 6.04 Å². The van der Waals surface area contributed by atoms with Gasteiger partial charge in [0.15, 0.2) is 5.69 Å². The number of amides is 1. The van der Waals surface area contributed by atoms with Crippen molar-refractivity contribution in [2.24, 2.45) is 11.8 Å². The van der Waals surface area contributed by atoms with Crippen molar-refractivity contribution < 1.29 is 19.6 Å². The lowest BCUT2D eigenvalue weighted by Crippen LogP contribution is -2.43. The number of aliphatic carboxylic acids is 1. The van der Waals surface area contributed by atoms with Gasteiger partial charge in [-0.15, -0.1) is 0 Å². The Bertz CT molecular complexity index is 611. The number of nitro groups is 1. The predicted octanol–water partition coefficient (Wildman–Crippen LogP) is 1.25. The second-order valence-electron chi connectivity index (χ2n) is 5.61. The molecule has 0 aromatic carbocycles. The van der Waals surface area contributed by atoms with Gasteiger partial charge in [-0.05, 0) is 35.7 Å². The second-order valence-corrected chi connectivity index (χ2v) is 5.61. The minimum atomic E-state index is -1.00. The topological polar surface area (TPSA) is 117 Å². The molecule has 3 atom stereocenters. The summed E-state index contributed by atoms with van der Waals surface area (Å²) in [4.78, 5) is 37.7. The van der Waals surface area contributed by atoms with Crippen LogP contribution in [-0.4, -0.2) is 44.4 Å². The lowest BCUT2D eigenvalue weighted by Gasteiger charge is -2.23. The van der Waals surface area contributed by atoms with Crippen LogP contribution in [0.5, 0.6) is 0 Å². The molecule has 0 bridgehead atoms. The van der Waals surface area contributed by atoms with Gasteiger partial charge in [-0.25, -0.2) is 9.78 Å². The Morgan fingerprint density at radius 3 is 2.76 bits per heavy atom. The molecule has 1 aliphatic heterocycles. The van der Waals surface area contributed by atoms with Crippen LogP contribution in [0.15, 0.2) is 12.1 Å². The van der Waals surface area contributed by atoms with Crippen molar-refractivity contribution in [1.29, 1.82) is 0 Å². The van der Waals surface area contributed by atoms with Crippen LogP contribution in [0.4, 0.5) is 5.82 Å². The van der Waals surface area contributed by atoms with Crippen LogP contribution in [0.25, 0.3) is 0 Å². The van der Waals surface area contributed by atoms with E-state index in [0.717, 1.165) is 19.3 Å². The van der Waals surface area contributed by atoms with E-state index in [4.69, 9.17) is 0 Å². The van der Waals surface area contributed by atoms with E-state index in [9.17, 15) is 24.8 Å². The summed E-state index contributed by atoms with van der Waals surface area (Å²) in [6.45, 7) is 0.410. The van der Waals surface area contributed by atoms with Crippen molar-refractivity contribution in [2.45, 2.75) is 25.3 Å². The van der Waals surface area contributed by atoms with Crippen LogP contribution in [0.1, 0.15) is 29.8 Å². The molecule has 112 valence electrons. The van der Waals surface area contributed by atoms with E-state index >= 15 is 0 Å². The van der Waals surface area contributed by atoms with Gasteiger partial charge in [-0.3, -0.25) is 4.79 Å². The van der Waals surface area contributed by atoms with Gasteiger partial charge in [-0.2, -0.15) is 0 Å². The highest BCUT2D eigenvalue weighted by Crippen LogP contribution is 2.42. The van der Waals surface area contributed by atoms with Gasteiger partial charge in [0.05, 0.1) is 0 Å². The third-order valence-electron chi connectivity index (χ3n) is 4.50. The molecule has 8 heteroatoms. The van der Waals surface area contributed by atoms with Crippen LogP contribution >= 0.6 is 0 Å². The maximum absolute atomic E-state index is 12.4. The first-order chi connectivity index (χ1) is 9.99. The molecule has 0 radical (unpaired) electrons. The fourth-order valence-electron chi connectivity index (χ4n) is 3.60. The number of carboxylic acids is 1. The number of carbonyl (C=O) groups is 2. The first-order valence-electron chi connectivity index (χ1n) is 6.86. The van der Waals surface area contributed by atoms with Gasteiger partial charge in [0.2, 0.25) is 0 Å². The van der Waals surface area contributed by atoms with E-state index in [0.29, 0.717) is 6.54 Å². The molecule has 0 spiro atoms. The number of aromatic amines is 1. The molecule has 2 fully saturated rings. The summed E-state index contributed by atoms with van der Waals surface area (Å²) in [6, 6.07) is 1.71. The maximum atomic E-state index is 12.4. The molecule has 2 N–H and O–H groups in total. The van der Waals surface area contributed by atoms with Crippen molar-refractivity contribution in [3.63, 3.8) is 0 Å². The highest BCUT2D eigenvalue weighted by molar-refractivity contribution is 5.96. The summed E-state index contributed by atoms with van der Waals surface area (Å²) < 4.78 is 0. The van der Waals surface area contributed by atoms with Crippen LogP contribution in [-0.2, 0) is 4.79 Å². The Labute approximate surface area is 119 Å². The Kier molecular flexibility index (Phi) is 3.15. The average molecular weight is 293 g/mol. The van der Waals surface area contributed by atoms with E-state index in [1.165, 1.54) is 17.0 Å². The number of aromatic nitrogens is 1. The van der Waals surface area contributed by atoms with E-state index in [1.807, 2.05) is 0 Å². The minimum absolute atomic E-state index is 0.00334. The Balaban J connectivity index is 1.86. The Morgan fingerprint density at radius 1 is 1.38 bits per heavy atom. The second kappa shape index (κ2) is 4.87. The third-order valence-corrected chi connectivity index (χ3v) is 4.50. The highest BCUT2D eigenvalue weighted by Gasteiger charge is 2.50. The molecular weight excluding hydrogens is 278 g/mol. The summed E-state index contributed by atoms with van der Waals surface area (Å²) in [5.41, 5.74) is 0.0629. The lowest BCUT2D eigenvalue weighted by atomic mass is 9.94. The van der Waals surface area contributed by atoms with Crippen molar-refractivity contribution in [3.05, 3.63) is 27.9 Å². The molecule has 3 rings (SSSR count). The molecule has 1 aromatic heterocycles. The summed E-state index contributed by atoms with van der Waals surface area (Å²) >= 11 is 0. The molecule has 3 unspecified atom stereocenters. The van der Waals surface area contributed by atoms with Gasteiger partial charge < -0.3 is 20.1 Å². The normalized spacial score (nSPS) is 27.6. The molecule has 2 heterocycles. The fraction of sp³-hybridized carbons (Fsp3) is 0.538. The van der Waals surface area contributed by atoms with Gasteiger partial charge >= 0.3 is 11.8 Å². The fourth-order valence-corrected chi connectivity index (χ4v) is 3.60. The summed E-state index contributed by atoms with van der Waals surface area (Å²) in [5.74, 6) is -1.54.